The summed E-state index contributed by atoms with van der Waals surface area (Å²) in [5.74, 6) is -0.261. The van der Waals surface area contributed by atoms with Gasteiger partial charge in [0, 0.05) is 25.1 Å². The molecule has 0 aromatic heterocycles. The number of hydrogen-bond acceptors (Lipinski definition) is 6. The Morgan fingerprint density at radius 3 is 2.48 bits per heavy atom. The van der Waals surface area contributed by atoms with E-state index in [-0.39, 0.29) is 30.2 Å². The number of esters is 1. The number of benzene rings is 1. The third kappa shape index (κ3) is 3.11. The van der Waals surface area contributed by atoms with E-state index >= 15 is 0 Å². The van der Waals surface area contributed by atoms with E-state index in [9.17, 15) is 4.79 Å². The number of carbonyl (C=O) groups excluding carboxylic acids is 1. The molecule has 4 rings (SSSR count). The molecule has 156 valence electrons. The molecule has 0 bridgehead atoms. The van der Waals surface area contributed by atoms with Gasteiger partial charge in [-0.1, -0.05) is 24.8 Å². The van der Waals surface area contributed by atoms with Crippen molar-refractivity contribution >= 4 is 18.6 Å². The third-order valence-electron chi connectivity index (χ3n) is 7.01. The zero-order chi connectivity index (χ0) is 21.0. The number of methoxy groups -OCH3 is 1. The van der Waals surface area contributed by atoms with Gasteiger partial charge in [0.05, 0.1) is 30.5 Å². The van der Waals surface area contributed by atoms with Crippen molar-refractivity contribution in [3.63, 3.8) is 0 Å². The molecule has 2 heterocycles. The Balaban J connectivity index is 1.59. The normalized spacial score (nSPS) is 28.0. The number of likely N-dealkylation sites (tertiary alicyclic amines) is 1. The highest BCUT2D eigenvalue weighted by Gasteiger charge is 2.54. The molecule has 29 heavy (non-hydrogen) atoms. The zero-order valence-electron chi connectivity index (χ0n) is 18.0. The molecule has 6 nitrogen and oxygen atoms in total. The summed E-state index contributed by atoms with van der Waals surface area (Å²) in [6.07, 6.45) is 3.20. The van der Waals surface area contributed by atoms with E-state index in [4.69, 9.17) is 18.8 Å². The lowest BCUT2D eigenvalue weighted by Crippen LogP contribution is -2.60. The van der Waals surface area contributed by atoms with Crippen LogP contribution in [-0.4, -0.2) is 49.4 Å². The SMILES string of the molecule is C=COC1(N2CC(C(=O)OC)C2)CCc2cc(B3OC(C)(C)C(C)(C)O3)ccc21. The maximum Gasteiger partial charge on any atom is 0.494 e. The van der Waals surface area contributed by atoms with Crippen molar-refractivity contribution in [1.29, 1.82) is 0 Å². The van der Waals surface area contributed by atoms with Crippen LogP contribution in [0, 0.1) is 5.92 Å². The monoisotopic (exact) mass is 399 g/mol. The Bertz CT molecular complexity index is 816. The molecular weight excluding hydrogens is 369 g/mol. The first-order valence-corrected chi connectivity index (χ1v) is 10.2. The van der Waals surface area contributed by atoms with Gasteiger partial charge < -0.3 is 18.8 Å². The van der Waals surface area contributed by atoms with Crippen molar-refractivity contribution < 1.29 is 23.6 Å². The van der Waals surface area contributed by atoms with Gasteiger partial charge in [0.15, 0.2) is 5.72 Å². The van der Waals surface area contributed by atoms with Crippen LogP contribution < -0.4 is 5.46 Å². The fraction of sp³-hybridized carbons (Fsp3) is 0.591. The van der Waals surface area contributed by atoms with Gasteiger partial charge in [0.25, 0.3) is 0 Å². The number of fused-ring (bicyclic) bond motifs is 1. The summed E-state index contributed by atoms with van der Waals surface area (Å²) >= 11 is 0. The van der Waals surface area contributed by atoms with Crippen molar-refractivity contribution in [1.82, 2.24) is 4.90 Å². The van der Waals surface area contributed by atoms with Crippen LogP contribution in [0.1, 0.15) is 45.2 Å². The van der Waals surface area contributed by atoms with Gasteiger partial charge in [0.2, 0.25) is 0 Å². The Morgan fingerprint density at radius 1 is 1.24 bits per heavy atom. The first kappa shape index (κ1) is 20.4. The fourth-order valence-corrected chi connectivity index (χ4v) is 4.52. The first-order valence-electron chi connectivity index (χ1n) is 10.2. The number of hydrogen-bond donors (Lipinski definition) is 0. The highest BCUT2D eigenvalue weighted by molar-refractivity contribution is 6.62. The smallest absolute Gasteiger partial charge is 0.477 e. The lowest BCUT2D eigenvalue weighted by Gasteiger charge is -2.49. The number of ether oxygens (including phenoxy) is 2. The molecule has 1 aliphatic carbocycles. The van der Waals surface area contributed by atoms with Gasteiger partial charge in [0.1, 0.15) is 0 Å². The molecule has 0 saturated carbocycles. The molecule has 2 saturated heterocycles. The van der Waals surface area contributed by atoms with Crippen molar-refractivity contribution in [3.05, 3.63) is 42.2 Å². The standard InChI is InChI=1S/C22H30BNO5/c1-7-27-22(24-13-16(14-24)19(25)26-6)11-10-15-12-17(8-9-18(15)22)23-28-20(2,3)21(4,5)29-23/h7-9,12,16H,1,10-11,13-14H2,2-6H3. The zero-order valence-corrected chi connectivity index (χ0v) is 18.0. The molecule has 7 heteroatoms. The highest BCUT2D eigenvalue weighted by Crippen LogP contribution is 2.46. The average molecular weight is 399 g/mol. The molecule has 2 aliphatic heterocycles. The van der Waals surface area contributed by atoms with Crippen molar-refractivity contribution in [2.75, 3.05) is 20.2 Å². The first-order chi connectivity index (χ1) is 13.6. The summed E-state index contributed by atoms with van der Waals surface area (Å²) in [6.45, 7) is 13.3. The second-order valence-corrected chi connectivity index (χ2v) is 9.20. The molecule has 0 radical (unpaired) electrons. The van der Waals surface area contributed by atoms with Crippen LogP contribution in [0.2, 0.25) is 0 Å². The predicted octanol–water partition coefficient (Wildman–Crippen LogP) is 2.35. The van der Waals surface area contributed by atoms with E-state index in [1.807, 2.05) is 0 Å². The van der Waals surface area contributed by atoms with Crippen LogP contribution >= 0.6 is 0 Å². The summed E-state index contributed by atoms with van der Waals surface area (Å²) < 4.78 is 23.4. The van der Waals surface area contributed by atoms with Gasteiger partial charge in [-0.2, -0.15) is 0 Å². The van der Waals surface area contributed by atoms with Crippen molar-refractivity contribution in [2.24, 2.45) is 5.92 Å². The Labute approximate surface area is 173 Å². The summed E-state index contributed by atoms with van der Waals surface area (Å²) in [7, 11) is 1.05. The number of aryl methyl sites for hydroxylation is 1. The van der Waals surface area contributed by atoms with Gasteiger partial charge >= 0.3 is 13.1 Å². The predicted molar refractivity (Wildman–Crippen MR) is 111 cm³/mol. The van der Waals surface area contributed by atoms with Gasteiger partial charge in [-0.15, -0.1) is 0 Å². The minimum absolute atomic E-state index is 0.0987. The van der Waals surface area contributed by atoms with E-state index in [1.165, 1.54) is 18.9 Å². The molecular formula is C22H30BNO5. The molecule has 1 atom stereocenters. The van der Waals surface area contributed by atoms with Crippen molar-refractivity contribution in [2.45, 2.75) is 57.5 Å². The average Bonchev–Trinajstić information content (AvgIpc) is 3.08. The van der Waals surface area contributed by atoms with Crippen LogP contribution in [0.5, 0.6) is 0 Å². The quantitative estimate of drug-likeness (QED) is 0.431. The minimum atomic E-state index is -0.573. The second-order valence-electron chi connectivity index (χ2n) is 9.20. The van der Waals surface area contributed by atoms with Crippen LogP contribution in [0.3, 0.4) is 0 Å². The molecule has 2 fully saturated rings. The van der Waals surface area contributed by atoms with Gasteiger partial charge in [-0.3, -0.25) is 9.69 Å². The lowest BCUT2D eigenvalue weighted by molar-refractivity contribution is -0.184. The minimum Gasteiger partial charge on any atom is -0.477 e. The maximum atomic E-state index is 11.8. The third-order valence-corrected chi connectivity index (χ3v) is 7.01. The van der Waals surface area contributed by atoms with Crippen molar-refractivity contribution in [3.8, 4) is 0 Å². The van der Waals surface area contributed by atoms with Gasteiger partial charge in [-0.05, 0) is 45.1 Å². The summed E-state index contributed by atoms with van der Waals surface area (Å²) in [4.78, 5) is 14.0. The maximum absolute atomic E-state index is 11.8. The van der Waals surface area contributed by atoms with Gasteiger partial charge in [-0.25, -0.2) is 0 Å². The Hall–Kier alpha value is -1.83. The Morgan fingerprint density at radius 2 is 1.90 bits per heavy atom. The molecule has 0 N–H and O–H groups in total. The lowest BCUT2D eigenvalue weighted by atomic mass is 9.77. The number of rotatable bonds is 5. The van der Waals surface area contributed by atoms with E-state index in [2.05, 4.69) is 57.4 Å². The summed E-state index contributed by atoms with van der Waals surface area (Å²) in [5, 5.41) is 0. The Kier molecular flexibility index (Phi) is 4.84. The molecule has 0 amide bonds. The topological polar surface area (TPSA) is 57.2 Å². The van der Waals surface area contributed by atoms with Crippen LogP contribution in [0.25, 0.3) is 0 Å². The molecule has 1 unspecified atom stereocenters. The second kappa shape index (κ2) is 6.86. The number of carbonyl (C=O) groups is 1. The van der Waals surface area contributed by atoms with Crippen LogP contribution in [0.15, 0.2) is 31.0 Å². The molecule has 1 aromatic rings. The molecule has 1 aromatic carbocycles. The van der Waals surface area contributed by atoms with E-state index in [1.54, 1.807) is 0 Å². The summed E-state index contributed by atoms with van der Waals surface area (Å²) in [5.41, 5.74) is 2.06. The van der Waals surface area contributed by atoms with Crippen LogP contribution in [-0.2, 0) is 35.7 Å². The highest BCUT2D eigenvalue weighted by atomic mass is 16.7. The largest absolute Gasteiger partial charge is 0.494 e. The molecule has 0 spiro atoms. The summed E-state index contributed by atoms with van der Waals surface area (Å²) in [6, 6.07) is 6.34. The molecule has 3 aliphatic rings. The number of nitrogens with zero attached hydrogens (tertiary/aromatic N) is 1. The van der Waals surface area contributed by atoms with E-state index in [0.717, 1.165) is 23.9 Å². The van der Waals surface area contributed by atoms with E-state index < -0.39 is 5.72 Å². The fourth-order valence-electron chi connectivity index (χ4n) is 4.52. The van der Waals surface area contributed by atoms with E-state index in [0.29, 0.717) is 13.1 Å². The van der Waals surface area contributed by atoms with Crippen LogP contribution in [0.4, 0.5) is 0 Å².